The van der Waals surface area contributed by atoms with Crippen LogP contribution in [0.3, 0.4) is 0 Å². The van der Waals surface area contributed by atoms with Crippen molar-refractivity contribution < 1.29 is 0 Å². The second-order valence-corrected chi connectivity index (χ2v) is 16.1. The number of hydrogen-bond acceptors (Lipinski definition) is 3. The molecule has 2 heterocycles. The van der Waals surface area contributed by atoms with Crippen molar-refractivity contribution in [2.24, 2.45) is 4.99 Å². The Morgan fingerprint density at radius 2 is 1.12 bits per heavy atom. The van der Waals surface area contributed by atoms with Crippen LogP contribution in [0.2, 0.25) is 0 Å². The Hall–Kier alpha value is -5.62. The Morgan fingerprint density at radius 1 is 0.580 bits per heavy atom. The van der Waals surface area contributed by atoms with Crippen molar-refractivity contribution in [3.8, 4) is 5.69 Å². The molecule has 2 N–H and O–H groups in total. The van der Waals surface area contributed by atoms with Crippen molar-refractivity contribution in [1.29, 1.82) is 0 Å². The van der Waals surface area contributed by atoms with Crippen LogP contribution in [0.25, 0.3) is 22.7 Å². The van der Waals surface area contributed by atoms with Gasteiger partial charge in [0, 0.05) is 43.8 Å². The normalized spacial score (nSPS) is 19.0. The van der Waals surface area contributed by atoms with E-state index < -0.39 is 10.0 Å². The van der Waals surface area contributed by atoms with Gasteiger partial charge in [-0.3, -0.25) is 5.32 Å². The number of aliphatic imine (C=N–C) groups is 1. The predicted octanol–water partition coefficient (Wildman–Crippen LogP) is 10.4. The molecule has 4 nitrogen and oxygen atoms in total. The molecule has 0 radical (unpaired) electrons. The molecule has 0 bridgehead atoms. The Kier molecular flexibility index (Phi) is 7.92. The smallest absolute Gasteiger partial charge is 0.151 e. The maximum absolute atomic E-state index is 5.70. The third-order valence-electron chi connectivity index (χ3n) is 9.98. The van der Waals surface area contributed by atoms with Gasteiger partial charge in [0.1, 0.15) is 12.3 Å². The monoisotopic (exact) mass is 666 g/mol. The van der Waals surface area contributed by atoms with Gasteiger partial charge in [-0.15, -0.1) is 10.0 Å². The first kappa shape index (κ1) is 30.4. The van der Waals surface area contributed by atoms with Crippen molar-refractivity contribution >= 4 is 32.2 Å². The molecule has 0 fully saturated rings. The van der Waals surface area contributed by atoms with Gasteiger partial charge in [-0.25, -0.2) is 4.99 Å². The number of nitrogens with zero attached hydrogens (tertiary/aromatic N) is 2. The molecule has 1 aromatic heterocycles. The van der Waals surface area contributed by atoms with E-state index in [2.05, 4.69) is 203 Å². The first-order valence-corrected chi connectivity index (χ1v) is 19.0. The molecule has 2 aliphatic rings. The number of rotatable bonds is 6. The van der Waals surface area contributed by atoms with Crippen LogP contribution < -0.4 is 10.6 Å². The van der Waals surface area contributed by atoms with Crippen LogP contribution in [-0.4, -0.2) is 15.0 Å². The van der Waals surface area contributed by atoms with Crippen LogP contribution in [0.15, 0.2) is 197 Å². The number of hydrogen-bond donors (Lipinski definition) is 2. The van der Waals surface area contributed by atoms with E-state index in [1.807, 2.05) is 0 Å². The summed E-state index contributed by atoms with van der Waals surface area (Å²) in [5.41, 5.74) is 7.39. The molecular weight excluding hydrogens is 629 g/mol. The highest BCUT2D eigenvalue weighted by Gasteiger charge is 2.45. The fourth-order valence-corrected chi connectivity index (χ4v) is 11.9. The molecular formula is C45H38N4S. The second-order valence-electron chi connectivity index (χ2n) is 12.8. The summed E-state index contributed by atoms with van der Waals surface area (Å²) in [6.45, 7) is 0. The highest BCUT2D eigenvalue weighted by atomic mass is 32.3. The molecule has 1 aliphatic carbocycles. The topological polar surface area (TPSA) is 41.4 Å². The van der Waals surface area contributed by atoms with E-state index >= 15 is 0 Å². The molecule has 7 aromatic rings. The van der Waals surface area contributed by atoms with Crippen molar-refractivity contribution in [3.05, 3.63) is 204 Å². The van der Waals surface area contributed by atoms with Gasteiger partial charge >= 0.3 is 0 Å². The van der Waals surface area contributed by atoms with Gasteiger partial charge in [0.2, 0.25) is 0 Å². The van der Waals surface area contributed by atoms with E-state index in [-0.39, 0.29) is 17.6 Å². The van der Waals surface area contributed by atoms with Gasteiger partial charge in [0.05, 0.1) is 5.52 Å². The first-order valence-electron chi connectivity index (χ1n) is 17.3. The molecule has 244 valence electrons. The van der Waals surface area contributed by atoms with Gasteiger partial charge in [-0.1, -0.05) is 146 Å². The van der Waals surface area contributed by atoms with E-state index in [4.69, 9.17) is 4.99 Å². The molecule has 50 heavy (non-hydrogen) atoms. The zero-order valence-corrected chi connectivity index (χ0v) is 28.5. The molecule has 9 rings (SSSR count). The average molecular weight is 667 g/mol. The van der Waals surface area contributed by atoms with Gasteiger partial charge in [-0.2, -0.15) is 0 Å². The molecule has 0 amide bonds. The lowest BCUT2D eigenvalue weighted by Crippen LogP contribution is -2.48. The van der Waals surface area contributed by atoms with Crippen LogP contribution in [0.5, 0.6) is 0 Å². The number of amidine groups is 1. The van der Waals surface area contributed by atoms with Crippen LogP contribution in [0.4, 0.5) is 0 Å². The van der Waals surface area contributed by atoms with E-state index in [1.54, 1.807) is 0 Å². The predicted molar refractivity (Wildman–Crippen MR) is 209 cm³/mol. The Balaban J connectivity index is 1.30. The van der Waals surface area contributed by atoms with Crippen molar-refractivity contribution in [2.45, 2.75) is 33.8 Å². The maximum atomic E-state index is 5.70. The number of benzene rings is 6. The minimum absolute atomic E-state index is 0.115. The van der Waals surface area contributed by atoms with Crippen molar-refractivity contribution in [1.82, 2.24) is 15.2 Å². The molecule has 5 heteroatoms. The SMILES string of the molecule is C1=CC(S(C2=NC(c3ccccc3)NC(c3ccccc3)N2)(c2ccccc2)c2ccccc2)Cc2c1c1ccccc1n2-c1ccccc1. The minimum Gasteiger partial charge on any atom is -0.346 e. The second kappa shape index (κ2) is 13.0. The third kappa shape index (κ3) is 5.18. The van der Waals surface area contributed by atoms with Crippen molar-refractivity contribution in [3.63, 3.8) is 0 Å². The Labute approximate surface area is 295 Å². The van der Waals surface area contributed by atoms with E-state index in [0.717, 1.165) is 17.2 Å². The molecule has 3 unspecified atom stereocenters. The number of aromatic nitrogens is 1. The lowest BCUT2D eigenvalue weighted by Gasteiger charge is -2.50. The quantitative estimate of drug-likeness (QED) is 0.185. The van der Waals surface area contributed by atoms with Gasteiger partial charge in [-0.05, 0) is 53.6 Å². The summed E-state index contributed by atoms with van der Waals surface area (Å²) < 4.78 is 2.48. The number of para-hydroxylation sites is 2. The van der Waals surface area contributed by atoms with E-state index in [0.29, 0.717) is 0 Å². The van der Waals surface area contributed by atoms with Crippen LogP contribution in [0.1, 0.15) is 34.7 Å². The lowest BCUT2D eigenvalue weighted by molar-refractivity contribution is 0.412. The highest BCUT2D eigenvalue weighted by molar-refractivity contribution is 8.46. The first-order chi connectivity index (χ1) is 24.8. The Bertz CT molecular complexity index is 2260. The largest absolute Gasteiger partial charge is 0.346 e. The van der Waals surface area contributed by atoms with E-state index in [9.17, 15) is 0 Å². The minimum atomic E-state index is -2.02. The third-order valence-corrected chi connectivity index (χ3v) is 14.1. The van der Waals surface area contributed by atoms with Crippen LogP contribution in [0, 0.1) is 0 Å². The number of nitrogens with one attached hydrogen (secondary N) is 2. The van der Waals surface area contributed by atoms with Gasteiger partial charge < -0.3 is 9.88 Å². The zero-order chi connectivity index (χ0) is 33.3. The molecule has 0 saturated carbocycles. The summed E-state index contributed by atoms with van der Waals surface area (Å²) in [5, 5.41) is 10.3. The van der Waals surface area contributed by atoms with Gasteiger partial charge in [0.25, 0.3) is 0 Å². The number of fused-ring (bicyclic) bond motifs is 3. The van der Waals surface area contributed by atoms with Crippen molar-refractivity contribution in [2.75, 3.05) is 0 Å². The van der Waals surface area contributed by atoms with Gasteiger partial charge in [0.15, 0.2) is 5.17 Å². The summed E-state index contributed by atoms with van der Waals surface area (Å²) in [6, 6.07) is 63.2. The van der Waals surface area contributed by atoms with Crippen LogP contribution >= 0.6 is 10.0 Å². The lowest BCUT2D eigenvalue weighted by atomic mass is 10.0. The fraction of sp³-hybridized carbons (Fsp3) is 0.0889. The molecule has 1 aliphatic heterocycles. The van der Waals surface area contributed by atoms with Crippen LogP contribution in [-0.2, 0) is 6.42 Å². The zero-order valence-electron chi connectivity index (χ0n) is 27.6. The standard InChI is InChI=1S/C45H38N4S/c1-6-18-33(19-7-1)43-46-44(34-20-8-2-9-21-34)48-45(47-43)50(36-24-12-4-13-25-36,37-26-14-5-15-27-37)38-30-31-40-39-28-16-17-29-41(39)49(42(40)32-38)35-22-10-3-11-23-35/h1-31,38,43-44,46H,32H2,(H,47,48). The Morgan fingerprint density at radius 3 is 1.76 bits per heavy atom. The average Bonchev–Trinajstić information content (AvgIpc) is 3.54. The molecule has 0 spiro atoms. The summed E-state index contributed by atoms with van der Waals surface area (Å²) in [7, 11) is -2.02. The molecule has 0 saturated heterocycles. The molecule has 3 atom stereocenters. The summed E-state index contributed by atoms with van der Waals surface area (Å²) in [5.74, 6) is 0. The molecule has 6 aromatic carbocycles. The fourth-order valence-electron chi connectivity index (χ4n) is 7.73. The maximum Gasteiger partial charge on any atom is 0.151 e. The highest BCUT2D eigenvalue weighted by Crippen LogP contribution is 2.68. The summed E-state index contributed by atoms with van der Waals surface area (Å²) in [4.78, 5) is 8.28. The van der Waals surface area contributed by atoms with E-state index in [1.165, 1.54) is 43.2 Å². The summed E-state index contributed by atoms with van der Waals surface area (Å²) in [6.07, 6.45) is 5.38. The summed E-state index contributed by atoms with van der Waals surface area (Å²) >= 11 is 0.